The fraction of sp³-hybridized carbons (Fsp3) is 0.333. The molecule has 0 unspecified atom stereocenters. The number of hydrogen-bond donors (Lipinski definition) is 2. The van der Waals surface area contributed by atoms with E-state index in [1.165, 1.54) is 12.1 Å². The first-order chi connectivity index (χ1) is 8.02. The molecule has 0 amide bonds. The van der Waals surface area contributed by atoms with Crippen LogP contribution in [0.3, 0.4) is 0 Å². The summed E-state index contributed by atoms with van der Waals surface area (Å²) in [6, 6.07) is 3.70. The summed E-state index contributed by atoms with van der Waals surface area (Å²) in [5, 5.41) is 4.91. The van der Waals surface area contributed by atoms with E-state index in [2.05, 4.69) is 0 Å². The molecule has 0 saturated carbocycles. The fourth-order valence-electron chi connectivity index (χ4n) is 1.47. The molecule has 0 heterocycles. The zero-order chi connectivity index (χ0) is 14.1. The van der Waals surface area contributed by atoms with Gasteiger partial charge in [0.1, 0.15) is 11.4 Å². The lowest BCUT2D eigenvalue weighted by atomic mass is 10.2. The van der Waals surface area contributed by atoms with Gasteiger partial charge in [-0.1, -0.05) is 6.07 Å². The van der Waals surface area contributed by atoms with Crippen LogP contribution >= 0.6 is 0 Å². The van der Waals surface area contributed by atoms with Gasteiger partial charge in [-0.15, -0.1) is 0 Å². The van der Waals surface area contributed by atoms with Crippen LogP contribution in [0.1, 0.15) is 0 Å². The van der Waals surface area contributed by atoms with Crippen LogP contribution in [0.15, 0.2) is 23.1 Å². The Balaban J connectivity index is 3.20. The molecule has 0 aliphatic rings. The molecule has 0 fully saturated rings. The minimum absolute atomic E-state index is 0.0427. The van der Waals surface area contributed by atoms with Crippen molar-refractivity contribution in [3.63, 3.8) is 0 Å². The number of benzene rings is 1. The van der Waals surface area contributed by atoms with Gasteiger partial charge in [0, 0.05) is 7.05 Å². The zero-order valence-corrected chi connectivity index (χ0v) is 10.2. The molecule has 0 aliphatic carbocycles. The Morgan fingerprint density at radius 3 is 2.33 bits per heavy atom. The number of sulfonamides is 1. The molecule has 0 atom stereocenters. The smallest absolute Gasteiger partial charge is 0.396 e. The van der Waals surface area contributed by atoms with Gasteiger partial charge in [-0.3, -0.25) is 0 Å². The molecule has 18 heavy (non-hydrogen) atoms. The number of hydrogen-bond acceptors (Lipinski definition) is 4. The van der Waals surface area contributed by atoms with Crippen LogP contribution in [0, 0.1) is 0 Å². The van der Waals surface area contributed by atoms with E-state index in [0.717, 1.165) is 18.0 Å². The Bertz CT molecular complexity index is 542. The number of nitrogens with two attached hydrogens (primary N) is 2. The summed E-state index contributed by atoms with van der Waals surface area (Å²) >= 11 is 0. The number of anilines is 2. The molecule has 0 bridgehead atoms. The maximum absolute atomic E-state index is 12.2. The molecule has 9 heteroatoms. The van der Waals surface area contributed by atoms with Crippen molar-refractivity contribution in [2.75, 3.05) is 24.2 Å². The highest BCUT2D eigenvalue weighted by atomic mass is 32.2. The largest absolute Gasteiger partial charge is 0.405 e. The van der Waals surface area contributed by atoms with Gasteiger partial charge < -0.3 is 10.6 Å². The predicted molar refractivity (Wildman–Crippen MR) is 61.6 cm³/mol. The Hall–Kier alpha value is -1.48. The summed E-state index contributed by atoms with van der Waals surface area (Å²) in [5.41, 5.74) is 5.18. The number of rotatable bonds is 3. The summed E-state index contributed by atoms with van der Waals surface area (Å²) in [7, 11) is -2.91. The normalized spacial score (nSPS) is 12.5. The van der Waals surface area contributed by atoms with E-state index >= 15 is 0 Å². The second-order valence-electron chi connectivity index (χ2n) is 3.71. The second kappa shape index (κ2) is 4.65. The van der Waals surface area contributed by atoms with Crippen molar-refractivity contribution >= 4 is 21.4 Å². The van der Waals surface area contributed by atoms with Crippen LogP contribution in [0.5, 0.6) is 0 Å². The Morgan fingerprint density at radius 2 is 1.89 bits per heavy atom. The van der Waals surface area contributed by atoms with Crippen molar-refractivity contribution < 1.29 is 21.6 Å². The average Bonchev–Trinajstić information content (AvgIpc) is 2.12. The molecule has 0 spiro atoms. The standard InChI is InChI=1S/C9H12F3N3O2S/c1-15(5-9(10,11)12)6-3-2-4-7(8(6)13)18(14,16)17/h2-4H,5,13H2,1H3,(H2,14,16,17). The summed E-state index contributed by atoms with van der Waals surface area (Å²) in [6.07, 6.45) is -4.42. The molecular weight excluding hydrogens is 271 g/mol. The molecule has 1 rings (SSSR count). The zero-order valence-electron chi connectivity index (χ0n) is 9.40. The Kier molecular flexibility index (Phi) is 3.77. The molecule has 0 aromatic heterocycles. The van der Waals surface area contributed by atoms with E-state index in [1.807, 2.05) is 0 Å². The van der Waals surface area contributed by atoms with Crippen molar-refractivity contribution in [2.24, 2.45) is 5.14 Å². The van der Waals surface area contributed by atoms with E-state index in [-0.39, 0.29) is 11.4 Å². The molecule has 0 aliphatic heterocycles. The van der Waals surface area contributed by atoms with E-state index in [1.54, 1.807) is 0 Å². The lowest BCUT2D eigenvalue weighted by molar-refractivity contribution is -0.119. The molecule has 0 saturated heterocycles. The van der Waals surface area contributed by atoms with Gasteiger partial charge in [-0.2, -0.15) is 13.2 Å². The fourth-order valence-corrected chi connectivity index (χ4v) is 2.15. The number of halogens is 3. The van der Waals surface area contributed by atoms with Crippen molar-refractivity contribution in [2.45, 2.75) is 11.1 Å². The lowest BCUT2D eigenvalue weighted by Crippen LogP contribution is -2.31. The van der Waals surface area contributed by atoms with Gasteiger partial charge in [0.2, 0.25) is 10.0 Å². The first-order valence-corrected chi connectivity index (χ1v) is 6.26. The van der Waals surface area contributed by atoms with Crippen LogP contribution < -0.4 is 15.8 Å². The third-order valence-electron chi connectivity index (χ3n) is 2.18. The number of para-hydroxylation sites is 1. The van der Waals surface area contributed by atoms with E-state index < -0.39 is 27.6 Å². The maximum atomic E-state index is 12.2. The second-order valence-corrected chi connectivity index (χ2v) is 5.24. The maximum Gasteiger partial charge on any atom is 0.405 e. The lowest BCUT2D eigenvalue weighted by Gasteiger charge is -2.23. The van der Waals surface area contributed by atoms with Crippen LogP contribution in [0.25, 0.3) is 0 Å². The molecule has 0 radical (unpaired) electrons. The highest BCUT2D eigenvalue weighted by Gasteiger charge is 2.30. The van der Waals surface area contributed by atoms with Crippen LogP contribution in [-0.2, 0) is 10.0 Å². The van der Waals surface area contributed by atoms with Gasteiger partial charge in [0.25, 0.3) is 0 Å². The van der Waals surface area contributed by atoms with E-state index in [9.17, 15) is 21.6 Å². The van der Waals surface area contributed by atoms with Gasteiger partial charge in [-0.25, -0.2) is 13.6 Å². The van der Waals surface area contributed by atoms with Crippen LogP contribution in [-0.4, -0.2) is 28.2 Å². The summed E-state index contributed by atoms with van der Waals surface area (Å²) in [5.74, 6) is 0. The number of primary sulfonamides is 1. The number of alkyl halides is 3. The van der Waals surface area contributed by atoms with Crippen LogP contribution in [0.2, 0.25) is 0 Å². The molecule has 4 N–H and O–H groups in total. The molecule has 102 valence electrons. The quantitative estimate of drug-likeness (QED) is 0.807. The Morgan fingerprint density at radius 1 is 1.33 bits per heavy atom. The number of nitrogen functional groups attached to an aromatic ring is 1. The molecular formula is C9H12F3N3O2S. The topological polar surface area (TPSA) is 89.4 Å². The molecule has 1 aromatic rings. The third-order valence-corrected chi connectivity index (χ3v) is 3.15. The highest BCUT2D eigenvalue weighted by Crippen LogP contribution is 2.30. The minimum Gasteiger partial charge on any atom is -0.396 e. The van der Waals surface area contributed by atoms with Gasteiger partial charge in [0.15, 0.2) is 0 Å². The van der Waals surface area contributed by atoms with Crippen molar-refractivity contribution in [3.05, 3.63) is 18.2 Å². The van der Waals surface area contributed by atoms with Crippen molar-refractivity contribution in [1.29, 1.82) is 0 Å². The first-order valence-electron chi connectivity index (χ1n) is 4.71. The summed E-state index contributed by atoms with van der Waals surface area (Å²) in [6.45, 7) is -1.24. The van der Waals surface area contributed by atoms with Gasteiger partial charge in [-0.05, 0) is 12.1 Å². The van der Waals surface area contributed by atoms with Crippen molar-refractivity contribution in [1.82, 2.24) is 0 Å². The molecule has 5 nitrogen and oxygen atoms in total. The average molecular weight is 283 g/mol. The molecule has 1 aromatic carbocycles. The van der Waals surface area contributed by atoms with Crippen molar-refractivity contribution in [3.8, 4) is 0 Å². The predicted octanol–water partition coefficient (Wildman–Crippen LogP) is 0.915. The Labute approximate surface area is 102 Å². The first kappa shape index (κ1) is 14.6. The minimum atomic E-state index is -4.42. The van der Waals surface area contributed by atoms with E-state index in [0.29, 0.717) is 0 Å². The number of nitrogens with zero attached hydrogens (tertiary/aromatic N) is 1. The summed E-state index contributed by atoms with van der Waals surface area (Å²) < 4.78 is 59.0. The van der Waals surface area contributed by atoms with E-state index in [4.69, 9.17) is 10.9 Å². The monoisotopic (exact) mass is 283 g/mol. The summed E-state index contributed by atoms with van der Waals surface area (Å²) in [4.78, 5) is 0.415. The van der Waals surface area contributed by atoms with Gasteiger partial charge >= 0.3 is 6.18 Å². The van der Waals surface area contributed by atoms with Gasteiger partial charge in [0.05, 0.1) is 11.4 Å². The SMILES string of the molecule is CN(CC(F)(F)F)c1cccc(S(N)(=O)=O)c1N. The van der Waals surface area contributed by atoms with Crippen LogP contribution in [0.4, 0.5) is 24.5 Å². The highest BCUT2D eigenvalue weighted by molar-refractivity contribution is 7.89. The third kappa shape index (κ3) is 3.50.